The number of hydrogen-bond donors (Lipinski definition) is 1. The number of anilines is 1. The number of ether oxygens (including phenoxy) is 2. The van der Waals surface area contributed by atoms with E-state index in [0.29, 0.717) is 24.6 Å². The standard InChI is InChI=1S/C19H18N4O4/c1-22-8-4-5-15(19(22)25)18(24)21-13-9-20-23(10-13)11-14-12-26-16-6-2-3-7-17(16)27-14/h2-10,14H,11-12H2,1H3,(H,21,24). The summed E-state index contributed by atoms with van der Waals surface area (Å²) in [7, 11) is 1.60. The lowest BCUT2D eigenvalue weighted by Gasteiger charge is -2.26. The highest BCUT2D eigenvalue weighted by molar-refractivity contribution is 6.03. The number of hydrogen-bond acceptors (Lipinski definition) is 5. The minimum atomic E-state index is -0.470. The van der Waals surface area contributed by atoms with Gasteiger partial charge in [0.2, 0.25) is 0 Å². The second-order valence-corrected chi connectivity index (χ2v) is 6.24. The lowest BCUT2D eigenvalue weighted by atomic mass is 10.2. The van der Waals surface area contributed by atoms with Crippen molar-refractivity contribution in [2.24, 2.45) is 7.05 Å². The lowest BCUT2D eigenvalue weighted by Crippen LogP contribution is -2.33. The van der Waals surface area contributed by atoms with Crippen LogP contribution in [0.25, 0.3) is 0 Å². The van der Waals surface area contributed by atoms with E-state index in [2.05, 4.69) is 10.4 Å². The van der Waals surface area contributed by atoms with Gasteiger partial charge in [-0.25, -0.2) is 0 Å². The first kappa shape index (κ1) is 16.9. The highest BCUT2D eigenvalue weighted by Crippen LogP contribution is 2.31. The highest BCUT2D eigenvalue weighted by atomic mass is 16.6. The van der Waals surface area contributed by atoms with E-state index >= 15 is 0 Å². The number of nitrogens with one attached hydrogen (secondary N) is 1. The third-order valence-corrected chi connectivity index (χ3v) is 4.22. The zero-order valence-corrected chi connectivity index (χ0v) is 14.7. The summed E-state index contributed by atoms with van der Waals surface area (Å²) in [6, 6.07) is 10.6. The average Bonchev–Trinajstić information content (AvgIpc) is 3.10. The molecule has 0 bridgehead atoms. The molecule has 1 aliphatic heterocycles. The summed E-state index contributed by atoms with van der Waals surface area (Å²) < 4.78 is 14.6. The molecule has 4 rings (SSSR count). The van der Waals surface area contributed by atoms with E-state index in [1.165, 1.54) is 16.8 Å². The minimum Gasteiger partial charge on any atom is -0.486 e. The van der Waals surface area contributed by atoms with Crippen LogP contribution in [0.2, 0.25) is 0 Å². The first-order valence-electron chi connectivity index (χ1n) is 8.48. The number of aryl methyl sites for hydroxylation is 1. The van der Waals surface area contributed by atoms with Crippen molar-refractivity contribution in [3.05, 3.63) is 70.9 Å². The number of amides is 1. The Morgan fingerprint density at radius 3 is 2.93 bits per heavy atom. The van der Waals surface area contributed by atoms with Gasteiger partial charge in [-0.2, -0.15) is 5.10 Å². The Kier molecular flexibility index (Phi) is 4.37. The molecule has 1 aliphatic rings. The van der Waals surface area contributed by atoms with Gasteiger partial charge >= 0.3 is 0 Å². The highest BCUT2D eigenvalue weighted by Gasteiger charge is 2.21. The molecule has 1 atom stereocenters. The van der Waals surface area contributed by atoms with E-state index in [-0.39, 0.29) is 17.2 Å². The fraction of sp³-hybridized carbons (Fsp3) is 0.211. The molecule has 0 saturated carbocycles. The monoisotopic (exact) mass is 366 g/mol. The molecule has 2 aromatic heterocycles. The van der Waals surface area contributed by atoms with Crippen molar-refractivity contribution < 1.29 is 14.3 Å². The van der Waals surface area contributed by atoms with Gasteiger partial charge in [0.1, 0.15) is 12.2 Å². The largest absolute Gasteiger partial charge is 0.486 e. The number of pyridine rings is 1. The van der Waals surface area contributed by atoms with Gasteiger partial charge in [-0.05, 0) is 24.3 Å². The van der Waals surface area contributed by atoms with Gasteiger partial charge in [-0.1, -0.05) is 12.1 Å². The Hall–Kier alpha value is -3.55. The lowest BCUT2D eigenvalue weighted by molar-refractivity contribution is 0.0759. The number of aromatic nitrogens is 3. The summed E-state index contributed by atoms with van der Waals surface area (Å²) in [4.78, 5) is 24.3. The normalized spacial score (nSPS) is 15.4. The van der Waals surface area contributed by atoms with Crippen molar-refractivity contribution in [3.8, 4) is 11.5 Å². The Bertz CT molecular complexity index is 1040. The van der Waals surface area contributed by atoms with E-state index in [1.54, 1.807) is 30.2 Å². The van der Waals surface area contributed by atoms with E-state index in [0.717, 1.165) is 5.75 Å². The molecule has 1 N–H and O–H groups in total. The summed E-state index contributed by atoms with van der Waals surface area (Å²) in [5, 5.41) is 6.93. The van der Waals surface area contributed by atoms with Crippen LogP contribution in [0.3, 0.4) is 0 Å². The molecular weight excluding hydrogens is 348 g/mol. The predicted octanol–water partition coefficient (Wildman–Crippen LogP) is 1.67. The molecule has 8 heteroatoms. The predicted molar refractivity (Wildman–Crippen MR) is 98.2 cm³/mol. The van der Waals surface area contributed by atoms with Crippen molar-refractivity contribution in [1.29, 1.82) is 0 Å². The van der Waals surface area contributed by atoms with Gasteiger partial charge in [-0.3, -0.25) is 14.3 Å². The van der Waals surface area contributed by atoms with Crippen molar-refractivity contribution >= 4 is 11.6 Å². The molecule has 1 amide bonds. The average molecular weight is 366 g/mol. The van der Waals surface area contributed by atoms with Crippen LogP contribution in [-0.4, -0.2) is 33.0 Å². The first-order valence-corrected chi connectivity index (χ1v) is 8.48. The van der Waals surface area contributed by atoms with E-state index in [1.807, 2.05) is 24.3 Å². The maximum absolute atomic E-state index is 12.3. The number of para-hydroxylation sites is 2. The van der Waals surface area contributed by atoms with Gasteiger partial charge in [-0.15, -0.1) is 0 Å². The van der Waals surface area contributed by atoms with Crippen LogP contribution in [0, 0.1) is 0 Å². The number of carbonyl (C=O) groups is 1. The quantitative estimate of drug-likeness (QED) is 0.759. The van der Waals surface area contributed by atoms with Crippen molar-refractivity contribution in [2.45, 2.75) is 12.6 Å². The number of carbonyl (C=O) groups excluding carboxylic acids is 1. The van der Waals surface area contributed by atoms with Crippen LogP contribution >= 0.6 is 0 Å². The molecule has 3 heterocycles. The van der Waals surface area contributed by atoms with E-state index in [9.17, 15) is 9.59 Å². The fourth-order valence-corrected chi connectivity index (χ4v) is 2.86. The Labute approximate surface area is 155 Å². The van der Waals surface area contributed by atoms with E-state index in [4.69, 9.17) is 9.47 Å². The molecule has 0 fully saturated rings. The van der Waals surface area contributed by atoms with Gasteiger partial charge < -0.3 is 19.4 Å². The number of rotatable bonds is 4. The zero-order chi connectivity index (χ0) is 18.8. The topological polar surface area (TPSA) is 87.4 Å². The second kappa shape index (κ2) is 6.99. The summed E-state index contributed by atoms with van der Waals surface area (Å²) in [6.07, 6.45) is 4.63. The van der Waals surface area contributed by atoms with Gasteiger partial charge in [0.05, 0.1) is 18.4 Å². The maximum atomic E-state index is 12.3. The van der Waals surface area contributed by atoms with Crippen LogP contribution in [-0.2, 0) is 13.6 Å². The van der Waals surface area contributed by atoms with Crippen molar-refractivity contribution in [3.63, 3.8) is 0 Å². The van der Waals surface area contributed by atoms with Gasteiger partial charge in [0.15, 0.2) is 17.6 Å². The third kappa shape index (κ3) is 3.55. The summed E-state index contributed by atoms with van der Waals surface area (Å²) >= 11 is 0. The summed E-state index contributed by atoms with van der Waals surface area (Å²) in [5.74, 6) is 0.961. The molecule has 1 unspecified atom stereocenters. The SMILES string of the molecule is Cn1cccc(C(=O)Nc2cnn(CC3COc4ccccc4O3)c2)c1=O. The van der Waals surface area contributed by atoms with Crippen LogP contribution in [0.1, 0.15) is 10.4 Å². The molecule has 8 nitrogen and oxygen atoms in total. The van der Waals surface area contributed by atoms with Gasteiger partial charge in [0.25, 0.3) is 11.5 Å². The molecular formula is C19H18N4O4. The third-order valence-electron chi connectivity index (χ3n) is 4.22. The first-order chi connectivity index (χ1) is 13.1. The molecule has 0 saturated heterocycles. The molecule has 0 radical (unpaired) electrons. The number of fused-ring (bicyclic) bond motifs is 1. The Balaban J connectivity index is 1.41. The van der Waals surface area contributed by atoms with Crippen LogP contribution in [0.15, 0.2) is 59.8 Å². The summed E-state index contributed by atoms with van der Waals surface area (Å²) in [6.45, 7) is 0.885. The van der Waals surface area contributed by atoms with Gasteiger partial charge in [0, 0.05) is 19.4 Å². The van der Waals surface area contributed by atoms with Crippen LogP contribution < -0.4 is 20.3 Å². The number of nitrogens with zero attached hydrogens (tertiary/aromatic N) is 3. The smallest absolute Gasteiger partial charge is 0.263 e. The molecule has 3 aromatic rings. The van der Waals surface area contributed by atoms with Crippen molar-refractivity contribution in [1.82, 2.24) is 14.3 Å². The number of benzene rings is 1. The Morgan fingerprint density at radius 1 is 1.26 bits per heavy atom. The second-order valence-electron chi connectivity index (χ2n) is 6.24. The molecule has 138 valence electrons. The minimum absolute atomic E-state index is 0.0772. The van der Waals surface area contributed by atoms with Crippen LogP contribution in [0.5, 0.6) is 11.5 Å². The maximum Gasteiger partial charge on any atom is 0.263 e. The molecule has 0 spiro atoms. The van der Waals surface area contributed by atoms with Crippen molar-refractivity contribution in [2.75, 3.05) is 11.9 Å². The summed E-state index contributed by atoms with van der Waals surface area (Å²) in [5.41, 5.74) is 0.227. The molecule has 0 aliphatic carbocycles. The molecule has 27 heavy (non-hydrogen) atoms. The fourth-order valence-electron chi connectivity index (χ4n) is 2.86. The van der Waals surface area contributed by atoms with Crippen LogP contribution in [0.4, 0.5) is 5.69 Å². The molecule has 1 aromatic carbocycles. The Morgan fingerprint density at radius 2 is 2.07 bits per heavy atom. The van der Waals surface area contributed by atoms with E-state index < -0.39 is 5.91 Å². The zero-order valence-electron chi connectivity index (χ0n) is 14.7.